The molecule has 3 aliphatic carbocycles. The molecule has 5 rings (SSSR count). The van der Waals surface area contributed by atoms with Gasteiger partial charge in [-0.15, -0.1) is 0 Å². The van der Waals surface area contributed by atoms with Gasteiger partial charge >= 0.3 is 11.9 Å². The summed E-state index contributed by atoms with van der Waals surface area (Å²) in [6, 6.07) is 18.3. The van der Waals surface area contributed by atoms with Crippen LogP contribution in [0.15, 0.2) is 73.8 Å². The zero-order chi connectivity index (χ0) is 35.0. The molecule has 2 atom stereocenters. The van der Waals surface area contributed by atoms with Crippen molar-refractivity contribution < 1.29 is 28.5 Å². The first kappa shape index (κ1) is 38.0. The number of carbonyl (C=O) groups excluding carboxylic acids is 2. The lowest BCUT2D eigenvalue weighted by molar-refractivity contribution is -0.138. The van der Waals surface area contributed by atoms with Crippen LogP contribution in [0.25, 0.3) is 0 Å². The summed E-state index contributed by atoms with van der Waals surface area (Å²) in [7, 11) is 0. The third kappa shape index (κ3) is 12.2. The second-order valence-electron chi connectivity index (χ2n) is 14.9. The standard InChI is InChI=1S/C44H60O6/c1-3-43(45)47-29-7-9-33-13-21-37(22-14-33)39-25-17-35(18-26-39)31-49-41-11-5-6-12-42(41)50-32-36-19-27-40(28-20-36)38-23-15-34(16-24-38)10-8-30-48-44(46)4-2/h3-4,17-20,25-28,33-34,37-38,41-42H,1-2,5-16,21-24,29-32H2/t33?,34?,37?,38?,41-,42-/m1/s1. The molecule has 0 bridgehead atoms. The highest BCUT2D eigenvalue weighted by Crippen LogP contribution is 2.39. The largest absolute Gasteiger partial charge is 0.463 e. The second kappa shape index (κ2) is 20.6. The van der Waals surface area contributed by atoms with Crippen molar-refractivity contribution in [1.82, 2.24) is 0 Å². The maximum absolute atomic E-state index is 11.2. The number of hydrogen-bond acceptors (Lipinski definition) is 6. The van der Waals surface area contributed by atoms with Gasteiger partial charge in [0.2, 0.25) is 0 Å². The van der Waals surface area contributed by atoms with Gasteiger partial charge in [-0.25, -0.2) is 9.59 Å². The van der Waals surface area contributed by atoms with E-state index in [0.29, 0.717) is 38.3 Å². The molecule has 3 aliphatic rings. The summed E-state index contributed by atoms with van der Waals surface area (Å²) < 4.78 is 23.3. The van der Waals surface area contributed by atoms with E-state index >= 15 is 0 Å². The fourth-order valence-electron chi connectivity index (χ4n) is 8.40. The zero-order valence-corrected chi connectivity index (χ0v) is 30.2. The van der Waals surface area contributed by atoms with Gasteiger partial charge < -0.3 is 18.9 Å². The Balaban J connectivity index is 0.984. The molecule has 3 fully saturated rings. The average Bonchev–Trinajstić information content (AvgIpc) is 3.17. The van der Waals surface area contributed by atoms with Crippen LogP contribution in [0, 0.1) is 11.8 Å². The highest BCUT2D eigenvalue weighted by Gasteiger charge is 2.27. The van der Waals surface area contributed by atoms with E-state index in [4.69, 9.17) is 18.9 Å². The van der Waals surface area contributed by atoms with Gasteiger partial charge in [-0.05, 0) is 136 Å². The number of rotatable bonds is 18. The molecule has 0 aliphatic heterocycles. The molecule has 3 saturated carbocycles. The third-order valence-electron chi connectivity index (χ3n) is 11.5. The van der Waals surface area contributed by atoms with Crippen molar-refractivity contribution in [3.8, 4) is 0 Å². The summed E-state index contributed by atoms with van der Waals surface area (Å²) in [4.78, 5) is 22.5. The van der Waals surface area contributed by atoms with Crippen LogP contribution < -0.4 is 0 Å². The first-order valence-corrected chi connectivity index (χ1v) is 19.5. The van der Waals surface area contributed by atoms with E-state index in [1.807, 2.05) is 0 Å². The van der Waals surface area contributed by atoms with E-state index in [-0.39, 0.29) is 24.1 Å². The monoisotopic (exact) mass is 684 g/mol. The predicted molar refractivity (Wildman–Crippen MR) is 199 cm³/mol. The molecule has 0 amide bonds. The summed E-state index contributed by atoms with van der Waals surface area (Å²) in [6.07, 6.45) is 21.3. The summed E-state index contributed by atoms with van der Waals surface area (Å²) in [5, 5.41) is 0. The molecule has 2 aromatic carbocycles. The first-order valence-electron chi connectivity index (χ1n) is 19.5. The van der Waals surface area contributed by atoms with Gasteiger partial charge in [-0.3, -0.25) is 0 Å². The van der Waals surface area contributed by atoms with E-state index in [9.17, 15) is 9.59 Å². The normalized spacial score (nSPS) is 25.4. The van der Waals surface area contributed by atoms with Crippen molar-refractivity contribution >= 4 is 11.9 Å². The Morgan fingerprint density at radius 2 is 0.940 bits per heavy atom. The van der Waals surface area contributed by atoms with Gasteiger partial charge in [0.15, 0.2) is 0 Å². The van der Waals surface area contributed by atoms with E-state index in [2.05, 4.69) is 61.7 Å². The van der Waals surface area contributed by atoms with Crippen LogP contribution in [0.5, 0.6) is 0 Å². The number of carbonyl (C=O) groups is 2. The number of hydrogen-bond donors (Lipinski definition) is 0. The molecular formula is C44H60O6. The molecule has 0 heterocycles. The highest BCUT2D eigenvalue weighted by atomic mass is 16.5. The number of benzene rings is 2. The Hall–Kier alpha value is -3.22. The van der Waals surface area contributed by atoms with Gasteiger partial charge in [0.25, 0.3) is 0 Å². The fourth-order valence-corrected chi connectivity index (χ4v) is 8.40. The Kier molecular flexibility index (Phi) is 15.7. The Bertz CT molecular complexity index is 1210. The molecule has 2 aromatic rings. The molecule has 6 nitrogen and oxygen atoms in total. The van der Waals surface area contributed by atoms with Crippen molar-refractivity contribution in [2.45, 2.75) is 140 Å². The van der Waals surface area contributed by atoms with Crippen LogP contribution in [0.3, 0.4) is 0 Å². The van der Waals surface area contributed by atoms with Gasteiger partial charge in [-0.1, -0.05) is 74.5 Å². The maximum atomic E-state index is 11.2. The first-order chi connectivity index (χ1) is 24.5. The van der Waals surface area contributed by atoms with Crippen LogP contribution in [0.1, 0.15) is 137 Å². The lowest BCUT2D eigenvalue weighted by atomic mass is 9.77. The highest BCUT2D eigenvalue weighted by molar-refractivity contribution is 5.81. The maximum Gasteiger partial charge on any atom is 0.330 e. The lowest BCUT2D eigenvalue weighted by Crippen LogP contribution is -2.34. The smallest absolute Gasteiger partial charge is 0.330 e. The van der Waals surface area contributed by atoms with Crippen LogP contribution in [-0.4, -0.2) is 37.4 Å². The molecule has 50 heavy (non-hydrogen) atoms. The summed E-state index contributed by atoms with van der Waals surface area (Å²) in [6.45, 7) is 9.17. The predicted octanol–water partition coefficient (Wildman–Crippen LogP) is 10.3. The van der Waals surface area contributed by atoms with Gasteiger partial charge in [0.05, 0.1) is 38.6 Å². The molecule has 0 radical (unpaired) electrons. The number of ether oxygens (including phenoxy) is 4. The van der Waals surface area contributed by atoms with Crippen LogP contribution in [0.2, 0.25) is 0 Å². The van der Waals surface area contributed by atoms with Crippen molar-refractivity contribution in [1.29, 1.82) is 0 Å². The van der Waals surface area contributed by atoms with Crippen molar-refractivity contribution in [2.75, 3.05) is 13.2 Å². The van der Waals surface area contributed by atoms with E-state index in [0.717, 1.165) is 50.4 Å². The molecule has 6 heteroatoms. The summed E-state index contributed by atoms with van der Waals surface area (Å²) >= 11 is 0. The SMILES string of the molecule is C=CC(=O)OCCCC1CCC(c2ccc(CO[C@@H]3CCCC[C@H]3OCc3ccc(C4CCC(CCCOC(=O)C=C)CC4)cc3)cc2)CC1. The van der Waals surface area contributed by atoms with Gasteiger partial charge in [-0.2, -0.15) is 0 Å². The molecular weight excluding hydrogens is 624 g/mol. The third-order valence-corrected chi connectivity index (χ3v) is 11.5. The molecule has 0 N–H and O–H groups in total. The van der Waals surface area contributed by atoms with Crippen molar-refractivity contribution in [3.05, 3.63) is 96.1 Å². The Labute approximate surface area is 301 Å². The van der Waals surface area contributed by atoms with Gasteiger partial charge in [0.1, 0.15) is 0 Å². The second-order valence-corrected chi connectivity index (χ2v) is 14.9. The van der Waals surface area contributed by atoms with Crippen LogP contribution >= 0.6 is 0 Å². The van der Waals surface area contributed by atoms with Crippen LogP contribution in [-0.2, 0) is 41.8 Å². The minimum absolute atomic E-state index is 0.141. The van der Waals surface area contributed by atoms with E-state index in [1.54, 1.807) is 0 Å². The van der Waals surface area contributed by atoms with Gasteiger partial charge in [0, 0.05) is 12.2 Å². The summed E-state index contributed by atoms with van der Waals surface area (Å²) in [5.74, 6) is 2.11. The Morgan fingerprint density at radius 1 is 0.560 bits per heavy atom. The quantitative estimate of drug-likeness (QED) is 0.0884. The van der Waals surface area contributed by atoms with Crippen LogP contribution in [0.4, 0.5) is 0 Å². The molecule has 0 unspecified atom stereocenters. The topological polar surface area (TPSA) is 71.1 Å². The van der Waals surface area contributed by atoms with Crippen molar-refractivity contribution in [3.63, 3.8) is 0 Å². The molecule has 0 aromatic heterocycles. The minimum atomic E-state index is -0.322. The molecule has 0 spiro atoms. The van der Waals surface area contributed by atoms with E-state index < -0.39 is 0 Å². The lowest BCUT2D eigenvalue weighted by Gasteiger charge is -2.32. The Morgan fingerprint density at radius 3 is 1.30 bits per heavy atom. The minimum Gasteiger partial charge on any atom is -0.463 e. The average molecular weight is 685 g/mol. The molecule has 272 valence electrons. The van der Waals surface area contributed by atoms with E-state index in [1.165, 1.54) is 98.6 Å². The van der Waals surface area contributed by atoms with Crippen molar-refractivity contribution in [2.24, 2.45) is 11.8 Å². The fraction of sp³-hybridized carbons (Fsp3) is 0.591. The zero-order valence-electron chi connectivity index (χ0n) is 30.2. The molecule has 0 saturated heterocycles. The summed E-state index contributed by atoms with van der Waals surface area (Å²) in [5.41, 5.74) is 5.37. The number of esters is 2.